The first-order valence-electron chi connectivity index (χ1n) is 8.58. The van der Waals surface area contributed by atoms with E-state index in [9.17, 15) is 30.3 Å². The van der Waals surface area contributed by atoms with Gasteiger partial charge in [-0.2, -0.15) is 0 Å². The molecule has 1 aliphatic carbocycles. The monoisotopic (exact) mass is 388 g/mol. The smallest absolute Gasteiger partial charge is 0.337 e. The number of fused-ring (bicyclic) bond motifs is 1. The van der Waals surface area contributed by atoms with Gasteiger partial charge >= 0.3 is 5.97 Å². The summed E-state index contributed by atoms with van der Waals surface area (Å²) in [6.45, 7) is 1.08. The van der Waals surface area contributed by atoms with E-state index in [1.165, 1.54) is 13.4 Å². The lowest BCUT2D eigenvalue weighted by molar-refractivity contribution is -0.327. The lowest BCUT2D eigenvalue weighted by Crippen LogP contribution is -2.60. The highest BCUT2D eigenvalue weighted by Crippen LogP contribution is 2.43. The van der Waals surface area contributed by atoms with Crippen LogP contribution in [0.1, 0.15) is 13.3 Å². The molecule has 3 aliphatic rings. The van der Waals surface area contributed by atoms with E-state index in [1.807, 2.05) is 0 Å². The molecular formula is C17H24O10. The van der Waals surface area contributed by atoms with Crippen LogP contribution in [0.2, 0.25) is 0 Å². The molecule has 0 saturated carbocycles. The minimum atomic E-state index is -1.59. The van der Waals surface area contributed by atoms with Gasteiger partial charge in [-0.3, -0.25) is 0 Å². The van der Waals surface area contributed by atoms with Gasteiger partial charge in [-0.1, -0.05) is 0 Å². The Morgan fingerprint density at radius 1 is 1.22 bits per heavy atom. The van der Waals surface area contributed by atoms with Gasteiger partial charge in [0.25, 0.3) is 0 Å². The van der Waals surface area contributed by atoms with Crippen LogP contribution >= 0.6 is 0 Å². The number of ether oxygens (including phenoxy) is 4. The number of aliphatic hydroxyl groups excluding tert-OH is 5. The number of hydrogen-bond donors (Lipinski definition) is 5. The Kier molecular flexibility index (Phi) is 5.87. The topological polar surface area (TPSA) is 155 Å². The maximum atomic E-state index is 12.0. The largest absolute Gasteiger partial charge is 0.468 e. The number of carbonyl (C=O) groups excluding carboxylic acids is 1. The zero-order valence-corrected chi connectivity index (χ0v) is 14.9. The third-order valence-electron chi connectivity index (χ3n) is 5.26. The van der Waals surface area contributed by atoms with Crippen LogP contribution < -0.4 is 0 Å². The summed E-state index contributed by atoms with van der Waals surface area (Å²) in [5, 5.41) is 49.3. The fourth-order valence-corrected chi connectivity index (χ4v) is 3.64. The van der Waals surface area contributed by atoms with Crippen molar-refractivity contribution in [2.75, 3.05) is 13.7 Å². The van der Waals surface area contributed by atoms with Crippen molar-refractivity contribution in [3.05, 3.63) is 23.0 Å². The van der Waals surface area contributed by atoms with E-state index in [0.29, 0.717) is 11.1 Å². The van der Waals surface area contributed by atoms with Crippen molar-refractivity contribution in [2.45, 2.75) is 56.4 Å². The number of esters is 1. The predicted molar refractivity (Wildman–Crippen MR) is 86.6 cm³/mol. The van der Waals surface area contributed by atoms with E-state index in [0.717, 1.165) is 0 Å². The normalized spacial score (nSPS) is 41.7. The number of carbonyl (C=O) groups is 1. The van der Waals surface area contributed by atoms with Gasteiger partial charge in [0.05, 0.1) is 31.7 Å². The van der Waals surface area contributed by atoms with Crippen molar-refractivity contribution >= 4 is 5.97 Å². The van der Waals surface area contributed by atoms with E-state index < -0.39 is 61.6 Å². The third kappa shape index (κ3) is 3.49. The first-order chi connectivity index (χ1) is 12.8. The van der Waals surface area contributed by atoms with Crippen LogP contribution in [0, 0.1) is 5.92 Å². The molecule has 2 heterocycles. The Balaban J connectivity index is 1.84. The first kappa shape index (κ1) is 20.2. The molecule has 1 saturated heterocycles. The van der Waals surface area contributed by atoms with Gasteiger partial charge < -0.3 is 44.5 Å². The van der Waals surface area contributed by atoms with Crippen LogP contribution in [0.5, 0.6) is 0 Å². The van der Waals surface area contributed by atoms with Crippen molar-refractivity contribution in [3.8, 4) is 0 Å². The van der Waals surface area contributed by atoms with Crippen LogP contribution in [0.15, 0.2) is 23.0 Å². The molecule has 27 heavy (non-hydrogen) atoms. The number of methoxy groups -OCH3 is 1. The fraction of sp³-hybridized carbons (Fsp3) is 0.706. The number of rotatable bonds is 4. The third-order valence-corrected chi connectivity index (χ3v) is 5.26. The standard InChI is InChI=1S/C17H24O10/c1-6-9(19)3-7-8(15(23)24-2)5-25-16(11(6)7)27-17-14(22)13(21)12(20)10(4-18)26-17/h5,7,9-10,12-14,16-22H,3-4H2,1-2H3/t7-,9+,10-,12-,13+,14-,16+,17+/m0/s1. The summed E-state index contributed by atoms with van der Waals surface area (Å²) in [5.74, 6) is -1.08. The summed E-state index contributed by atoms with van der Waals surface area (Å²) in [7, 11) is 1.24. The molecule has 0 bridgehead atoms. The van der Waals surface area contributed by atoms with Gasteiger partial charge in [0.15, 0.2) is 6.29 Å². The Labute approximate surface area is 155 Å². The zero-order chi connectivity index (χ0) is 19.9. The molecule has 1 fully saturated rings. The molecular weight excluding hydrogens is 364 g/mol. The summed E-state index contributed by atoms with van der Waals surface area (Å²) < 4.78 is 21.2. The molecule has 2 aliphatic heterocycles. The summed E-state index contributed by atoms with van der Waals surface area (Å²) >= 11 is 0. The van der Waals surface area contributed by atoms with E-state index in [1.54, 1.807) is 6.92 Å². The second-order valence-electron chi connectivity index (χ2n) is 6.81. The second kappa shape index (κ2) is 7.84. The van der Waals surface area contributed by atoms with E-state index in [4.69, 9.17) is 18.9 Å². The van der Waals surface area contributed by atoms with Crippen LogP contribution in [-0.2, 0) is 23.7 Å². The minimum absolute atomic E-state index is 0.233. The minimum Gasteiger partial charge on any atom is -0.468 e. The predicted octanol–water partition coefficient (Wildman–Crippen LogP) is -2.09. The Morgan fingerprint density at radius 3 is 2.56 bits per heavy atom. The van der Waals surface area contributed by atoms with Crippen molar-refractivity contribution in [1.82, 2.24) is 0 Å². The van der Waals surface area contributed by atoms with E-state index in [2.05, 4.69) is 0 Å². The van der Waals surface area contributed by atoms with Crippen molar-refractivity contribution in [1.29, 1.82) is 0 Å². The van der Waals surface area contributed by atoms with Gasteiger partial charge in [0, 0.05) is 11.5 Å². The Hall–Kier alpha value is -1.53. The molecule has 0 unspecified atom stereocenters. The highest BCUT2D eigenvalue weighted by Gasteiger charge is 2.48. The Bertz CT molecular complexity index is 642. The quantitative estimate of drug-likeness (QED) is 0.267. The van der Waals surface area contributed by atoms with Crippen molar-refractivity contribution < 1.29 is 49.3 Å². The summed E-state index contributed by atoms with van der Waals surface area (Å²) in [6.07, 6.45) is -7.70. The summed E-state index contributed by atoms with van der Waals surface area (Å²) in [4.78, 5) is 12.0. The molecule has 0 aromatic heterocycles. The van der Waals surface area contributed by atoms with Crippen molar-refractivity contribution in [3.63, 3.8) is 0 Å². The molecule has 5 N–H and O–H groups in total. The molecule has 10 nitrogen and oxygen atoms in total. The molecule has 0 radical (unpaired) electrons. The van der Waals surface area contributed by atoms with Gasteiger partial charge in [-0.25, -0.2) is 4.79 Å². The average Bonchev–Trinajstić information content (AvgIpc) is 2.96. The molecule has 0 aromatic rings. The van der Waals surface area contributed by atoms with E-state index in [-0.39, 0.29) is 12.0 Å². The lowest BCUT2D eigenvalue weighted by atomic mass is 9.90. The van der Waals surface area contributed by atoms with Gasteiger partial charge in [-0.15, -0.1) is 0 Å². The molecule has 0 amide bonds. The molecule has 3 rings (SSSR count). The SMILES string of the molecule is COC(=O)C1=CO[C@H](O[C@H]2O[C@@H](CO)[C@H](O)[C@@H](O)[C@@H]2O)C2=C(C)[C@H](O)C[C@@H]12. The molecule has 10 heteroatoms. The molecule has 152 valence electrons. The van der Waals surface area contributed by atoms with Gasteiger partial charge in [-0.05, 0) is 18.9 Å². The first-order valence-corrected chi connectivity index (χ1v) is 8.58. The highest BCUT2D eigenvalue weighted by atomic mass is 16.8. The fourth-order valence-electron chi connectivity index (χ4n) is 3.64. The highest BCUT2D eigenvalue weighted by molar-refractivity contribution is 5.90. The Morgan fingerprint density at radius 2 is 1.93 bits per heavy atom. The molecule has 0 spiro atoms. The molecule has 0 aromatic carbocycles. The van der Waals surface area contributed by atoms with Gasteiger partial charge in [0.2, 0.25) is 6.29 Å². The average molecular weight is 388 g/mol. The zero-order valence-electron chi connectivity index (χ0n) is 14.9. The van der Waals surface area contributed by atoms with Crippen LogP contribution in [0.3, 0.4) is 0 Å². The van der Waals surface area contributed by atoms with Crippen LogP contribution in [-0.4, -0.2) is 88.3 Å². The summed E-state index contributed by atoms with van der Waals surface area (Å²) in [5.41, 5.74) is 1.29. The van der Waals surface area contributed by atoms with Crippen LogP contribution in [0.25, 0.3) is 0 Å². The maximum absolute atomic E-state index is 12.0. The summed E-state index contributed by atoms with van der Waals surface area (Å²) in [6, 6.07) is 0. The van der Waals surface area contributed by atoms with E-state index >= 15 is 0 Å². The molecule has 8 atom stereocenters. The maximum Gasteiger partial charge on any atom is 0.337 e. The number of aliphatic hydroxyl groups is 5. The van der Waals surface area contributed by atoms with Crippen molar-refractivity contribution in [2.24, 2.45) is 5.92 Å². The lowest BCUT2D eigenvalue weighted by Gasteiger charge is -2.41. The second-order valence-corrected chi connectivity index (χ2v) is 6.81. The number of hydrogen-bond acceptors (Lipinski definition) is 10. The van der Waals surface area contributed by atoms with Crippen LogP contribution in [0.4, 0.5) is 0 Å². The van der Waals surface area contributed by atoms with Gasteiger partial charge in [0.1, 0.15) is 24.4 Å².